The standard InChI is InChI=1S/C12H10BrFO3/c1-2-3-7-8-4-6(14)5-9(13)10(8)17-11(7)12(15)16/h4-5H,2-3H2,1H3,(H,15,16). The first kappa shape index (κ1) is 12.1. The monoisotopic (exact) mass is 300 g/mol. The van der Waals surface area contributed by atoms with Crippen LogP contribution in [0.2, 0.25) is 0 Å². The van der Waals surface area contributed by atoms with Crippen molar-refractivity contribution in [1.29, 1.82) is 0 Å². The van der Waals surface area contributed by atoms with Crippen molar-refractivity contribution in [3.63, 3.8) is 0 Å². The van der Waals surface area contributed by atoms with Crippen molar-refractivity contribution < 1.29 is 18.7 Å². The van der Waals surface area contributed by atoms with E-state index in [1.807, 2.05) is 6.92 Å². The molecule has 1 N–H and O–H groups in total. The Morgan fingerprint density at radius 1 is 1.53 bits per heavy atom. The summed E-state index contributed by atoms with van der Waals surface area (Å²) in [5.41, 5.74) is 0.933. The van der Waals surface area contributed by atoms with Gasteiger partial charge in [-0.1, -0.05) is 13.3 Å². The molecule has 0 spiro atoms. The summed E-state index contributed by atoms with van der Waals surface area (Å²) in [5, 5.41) is 9.57. The number of carboxylic acids is 1. The second kappa shape index (κ2) is 4.49. The highest BCUT2D eigenvalue weighted by Gasteiger charge is 2.21. The Balaban J connectivity index is 2.79. The minimum Gasteiger partial charge on any atom is -0.475 e. The molecule has 90 valence electrons. The molecule has 1 aromatic heterocycles. The maximum atomic E-state index is 13.3. The third-order valence-corrected chi connectivity index (χ3v) is 3.09. The number of carboxylic acid groups (broad SMARTS) is 1. The van der Waals surface area contributed by atoms with Gasteiger partial charge in [0.1, 0.15) is 11.4 Å². The molecule has 1 aromatic carbocycles. The molecule has 0 aliphatic carbocycles. The van der Waals surface area contributed by atoms with Crippen molar-refractivity contribution in [1.82, 2.24) is 0 Å². The summed E-state index contributed by atoms with van der Waals surface area (Å²) < 4.78 is 19.0. The third kappa shape index (κ3) is 2.07. The van der Waals surface area contributed by atoms with Crippen LogP contribution >= 0.6 is 15.9 Å². The topological polar surface area (TPSA) is 50.4 Å². The number of halogens is 2. The van der Waals surface area contributed by atoms with E-state index in [4.69, 9.17) is 9.52 Å². The Bertz CT molecular complexity index is 589. The van der Waals surface area contributed by atoms with Gasteiger partial charge in [0.2, 0.25) is 5.76 Å². The molecule has 3 nitrogen and oxygen atoms in total. The second-order valence-corrected chi connectivity index (χ2v) is 4.58. The van der Waals surface area contributed by atoms with Crippen molar-refractivity contribution in [2.75, 3.05) is 0 Å². The van der Waals surface area contributed by atoms with Gasteiger partial charge in [0, 0.05) is 10.9 Å². The summed E-state index contributed by atoms with van der Waals surface area (Å²) in [6.45, 7) is 1.93. The molecule has 0 aliphatic heterocycles. The Kier molecular flexibility index (Phi) is 3.19. The average Bonchev–Trinajstić information content (AvgIpc) is 2.58. The van der Waals surface area contributed by atoms with Crippen molar-refractivity contribution in [3.8, 4) is 0 Å². The molecule has 5 heteroatoms. The van der Waals surface area contributed by atoms with Gasteiger partial charge in [0.15, 0.2) is 0 Å². The van der Waals surface area contributed by atoms with E-state index in [0.717, 1.165) is 6.42 Å². The van der Waals surface area contributed by atoms with E-state index in [9.17, 15) is 9.18 Å². The molecule has 17 heavy (non-hydrogen) atoms. The summed E-state index contributed by atoms with van der Waals surface area (Å²) in [6.07, 6.45) is 1.31. The number of hydrogen-bond donors (Lipinski definition) is 1. The van der Waals surface area contributed by atoms with Gasteiger partial charge in [0.05, 0.1) is 4.47 Å². The lowest BCUT2D eigenvalue weighted by Gasteiger charge is -1.97. The lowest BCUT2D eigenvalue weighted by atomic mass is 10.1. The summed E-state index contributed by atoms with van der Waals surface area (Å²) in [4.78, 5) is 11.1. The molecular formula is C12H10BrFO3. The predicted octanol–water partition coefficient (Wildman–Crippen LogP) is 3.99. The van der Waals surface area contributed by atoms with Crippen LogP contribution in [-0.4, -0.2) is 11.1 Å². The zero-order valence-corrected chi connectivity index (χ0v) is 10.7. The molecule has 2 aromatic rings. The Hall–Kier alpha value is -1.36. The lowest BCUT2D eigenvalue weighted by molar-refractivity contribution is 0.0663. The summed E-state index contributed by atoms with van der Waals surface area (Å²) >= 11 is 3.17. The quantitative estimate of drug-likeness (QED) is 0.932. The minimum atomic E-state index is -1.13. The fourth-order valence-electron chi connectivity index (χ4n) is 1.85. The number of rotatable bonds is 3. The third-order valence-electron chi connectivity index (χ3n) is 2.51. The molecule has 0 saturated carbocycles. The van der Waals surface area contributed by atoms with Crippen molar-refractivity contribution in [2.45, 2.75) is 19.8 Å². The second-order valence-electron chi connectivity index (χ2n) is 3.73. The van der Waals surface area contributed by atoms with E-state index in [2.05, 4.69) is 15.9 Å². The van der Waals surface area contributed by atoms with Crippen LogP contribution in [0.1, 0.15) is 29.5 Å². The molecule has 2 rings (SSSR count). The van der Waals surface area contributed by atoms with E-state index in [1.54, 1.807) is 0 Å². The van der Waals surface area contributed by atoms with Gasteiger partial charge in [-0.25, -0.2) is 9.18 Å². The molecule has 0 saturated heterocycles. The van der Waals surface area contributed by atoms with Gasteiger partial charge >= 0.3 is 5.97 Å². The van der Waals surface area contributed by atoms with Gasteiger partial charge in [-0.05, 0) is 34.5 Å². The fourth-order valence-corrected chi connectivity index (χ4v) is 2.36. The summed E-state index contributed by atoms with van der Waals surface area (Å²) in [5.74, 6) is -1.65. The van der Waals surface area contributed by atoms with Crippen LogP contribution in [0.5, 0.6) is 0 Å². The van der Waals surface area contributed by atoms with Gasteiger partial charge in [-0.15, -0.1) is 0 Å². The Morgan fingerprint density at radius 2 is 2.24 bits per heavy atom. The fraction of sp³-hybridized carbons (Fsp3) is 0.250. The molecule has 0 bridgehead atoms. The van der Waals surface area contributed by atoms with Gasteiger partial charge in [0.25, 0.3) is 0 Å². The summed E-state index contributed by atoms with van der Waals surface area (Å²) in [6, 6.07) is 2.56. The van der Waals surface area contributed by atoms with Crippen LogP contribution < -0.4 is 0 Å². The average molecular weight is 301 g/mol. The Morgan fingerprint density at radius 3 is 2.82 bits per heavy atom. The molecule has 0 unspecified atom stereocenters. The highest BCUT2D eigenvalue weighted by atomic mass is 79.9. The van der Waals surface area contributed by atoms with Gasteiger partial charge in [-0.2, -0.15) is 0 Å². The van der Waals surface area contributed by atoms with Crippen LogP contribution in [0.3, 0.4) is 0 Å². The number of carbonyl (C=O) groups is 1. The number of benzene rings is 1. The molecule has 0 atom stereocenters. The smallest absolute Gasteiger partial charge is 0.372 e. The predicted molar refractivity (Wildman–Crippen MR) is 64.8 cm³/mol. The number of fused-ring (bicyclic) bond motifs is 1. The molecular weight excluding hydrogens is 291 g/mol. The number of furan rings is 1. The first-order valence-corrected chi connectivity index (χ1v) is 5.97. The van der Waals surface area contributed by atoms with Crippen LogP contribution in [-0.2, 0) is 6.42 Å². The SMILES string of the molecule is CCCc1c(C(=O)O)oc2c(Br)cc(F)cc12. The van der Waals surface area contributed by atoms with Gasteiger partial charge in [-0.3, -0.25) is 0 Å². The number of hydrogen-bond acceptors (Lipinski definition) is 2. The van der Waals surface area contributed by atoms with Crippen LogP contribution in [0, 0.1) is 5.82 Å². The van der Waals surface area contributed by atoms with Crippen molar-refractivity contribution in [2.24, 2.45) is 0 Å². The zero-order valence-electron chi connectivity index (χ0n) is 9.09. The number of aromatic carboxylic acids is 1. The molecule has 1 heterocycles. The van der Waals surface area contributed by atoms with E-state index in [1.165, 1.54) is 12.1 Å². The maximum absolute atomic E-state index is 13.3. The highest BCUT2D eigenvalue weighted by molar-refractivity contribution is 9.10. The largest absolute Gasteiger partial charge is 0.475 e. The first-order chi connectivity index (χ1) is 8.04. The highest BCUT2D eigenvalue weighted by Crippen LogP contribution is 2.33. The van der Waals surface area contributed by atoms with Crippen molar-refractivity contribution in [3.05, 3.63) is 33.7 Å². The van der Waals surface area contributed by atoms with Gasteiger partial charge < -0.3 is 9.52 Å². The minimum absolute atomic E-state index is 0.104. The first-order valence-electron chi connectivity index (χ1n) is 5.18. The molecule has 0 amide bonds. The normalized spacial score (nSPS) is 11.0. The van der Waals surface area contributed by atoms with Crippen LogP contribution in [0.15, 0.2) is 21.0 Å². The van der Waals surface area contributed by atoms with E-state index < -0.39 is 11.8 Å². The summed E-state index contributed by atoms with van der Waals surface area (Å²) in [7, 11) is 0. The zero-order chi connectivity index (χ0) is 12.6. The van der Waals surface area contributed by atoms with E-state index in [-0.39, 0.29) is 5.76 Å². The number of aryl methyl sites for hydroxylation is 1. The molecule has 0 radical (unpaired) electrons. The Labute approximate surface area is 105 Å². The molecule has 0 aliphatic rings. The van der Waals surface area contributed by atoms with E-state index >= 15 is 0 Å². The van der Waals surface area contributed by atoms with E-state index in [0.29, 0.717) is 27.4 Å². The van der Waals surface area contributed by atoms with Crippen LogP contribution in [0.4, 0.5) is 4.39 Å². The lowest BCUT2D eigenvalue weighted by Crippen LogP contribution is -1.98. The maximum Gasteiger partial charge on any atom is 0.372 e. The van der Waals surface area contributed by atoms with Crippen LogP contribution in [0.25, 0.3) is 11.0 Å². The molecule has 0 fully saturated rings. The van der Waals surface area contributed by atoms with Crippen molar-refractivity contribution >= 4 is 32.9 Å².